The third-order valence-corrected chi connectivity index (χ3v) is 4.83. The molecule has 0 fully saturated rings. The predicted octanol–water partition coefficient (Wildman–Crippen LogP) is 4.67. The molecule has 2 aromatic rings. The number of nitrogens with zero attached hydrogens (tertiary/aromatic N) is 1. The standard InChI is InChI=1S/C25H31F2NO6/c1-4-32-23(24(29)30)13-18-5-9-21(10-6-18)33-12-11-28(15-17(2)3)25(31)34-16-19-7-8-20(26)14-22(19)27/h5-10,14,17,23H,4,11-13,15-16H2,1-3H3,(H,29,30). The van der Waals surface area contributed by atoms with E-state index in [2.05, 4.69) is 0 Å². The summed E-state index contributed by atoms with van der Waals surface area (Å²) in [5.74, 6) is -1.75. The molecule has 1 amide bonds. The number of hydrogen-bond donors (Lipinski definition) is 1. The van der Waals surface area contributed by atoms with Crippen molar-refractivity contribution in [2.45, 2.75) is 39.9 Å². The minimum atomic E-state index is -1.01. The highest BCUT2D eigenvalue weighted by atomic mass is 19.1. The Morgan fingerprint density at radius 2 is 1.79 bits per heavy atom. The van der Waals surface area contributed by atoms with Gasteiger partial charge in [0, 0.05) is 31.2 Å². The maximum Gasteiger partial charge on any atom is 0.410 e. The summed E-state index contributed by atoms with van der Waals surface area (Å²) in [4.78, 5) is 25.2. The van der Waals surface area contributed by atoms with Gasteiger partial charge in [-0.05, 0) is 42.7 Å². The van der Waals surface area contributed by atoms with Crippen molar-refractivity contribution in [1.29, 1.82) is 0 Å². The second-order valence-corrected chi connectivity index (χ2v) is 8.11. The Hall–Kier alpha value is -3.20. The molecule has 0 bridgehead atoms. The van der Waals surface area contributed by atoms with Gasteiger partial charge in [0.2, 0.25) is 0 Å². The maximum atomic E-state index is 13.8. The molecule has 0 saturated carbocycles. The fourth-order valence-corrected chi connectivity index (χ4v) is 3.20. The summed E-state index contributed by atoms with van der Waals surface area (Å²) in [6.45, 7) is 6.51. The van der Waals surface area contributed by atoms with E-state index in [1.54, 1.807) is 31.2 Å². The summed E-state index contributed by atoms with van der Waals surface area (Å²) in [5.41, 5.74) is 0.885. The van der Waals surface area contributed by atoms with Crippen molar-refractivity contribution in [2.75, 3.05) is 26.3 Å². The Balaban J connectivity index is 1.88. The lowest BCUT2D eigenvalue weighted by Gasteiger charge is -2.24. The average Bonchev–Trinajstić information content (AvgIpc) is 2.78. The van der Waals surface area contributed by atoms with E-state index in [1.807, 2.05) is 13.8 Å². The molecule has 2 aromatic carbocycles. The zero-order valence-electron chi connectivity index (χ0n) is 19.6. The van der Waals surface area contributed by atoms with Gasteiger partial charge in [0.05, 0.1) is 6.54 Å². The van der Waals surface area contributed by atoms with Crippen LogP contribution in [0.15, 0.2) is 42.5 Å². The summed E-state index contributed by atoms with van der Waals surface area (Å²) in [5, 5.41) is 9.20. The van der Waals surface area contributed by atoms with Crippen LogP contribution < -0.4 is 4.74 Å². The van der Waals surface area contributed by atoms with Crippen LogP contribution in [-0.4, -0.2) is 54.5 Å². The Morgan fingerprint density at radius 1 is 1.09 bits per heavy atom. The van der Waals surface area contributed by atoms with Gasteiger partial charge >= 0.3 is 12.1 Å². The lowest BCUT2D eigenvalue weighted by Crippen LogP contribution is -2.37. The first-order valence-corrected chi connectivity index (χ1v) is 11.1. The number of carbonyl (C=O) groups excluding carboxylic acids is 1. The lowest BCUT2D eigenvalue weighted by atomic mass is 10.1. The second-order valence-electron chi connectivity index (χ2n) is 8.11. The van der Waals surface area contributed by atoms with Crippen molar-refractivity contribution < 1.29 is 37.7 Å². The maximum absolute atomic E-state index is 13.8. The van der Waals surface area contributed by atoms with Crippen LogP contribution in [-0.2, 0) is 27.3 Å². The molecule has 1 atom stereocenters. The third kappa shape index (κ3) is 8.97. The molecule has 34 heavy (non-hydrogen) atoms. The molecule has 1 unspecified atom stereocenters. The van der Waals surface area contributed by atoms with Crippen molar-refractivity contribution in [2.24, 2.45) is 5.92 Å². The van der Waals surface area contributed by atoms with Crippen LogP contribution in [0.4, 0.5) is 13.6 Å². The molecule has 2 rings (SSSR count). The van der Waals surface area contributed by atoms with E-state index in [4.69, 9.17) is 14.2 Å². The molecule has 0 aliphatic heterocycles. The molecule has 0 spiro atoms. The molecular formula is C25H31F2NO6. The smallest absolute Gasteiger partial charge is 0.410 e. The Labute approximate surface area is 198 Å². The first-order chi connectivity index (χ1) is 16.2. The second kappa shape index (κ2) is 13.5. The van der Waals surface area contributed by atoms with E-state index in [1.165, 1.54) is 11.0 Å². The van der Waals surface area contributed by atoms with Gasteiger partial charge in [0.15, 0.2) is 6.10 Å². The summed E-state index contributed by atoms with van der Waals surface area (Å²) in [6, 6.07) is 10.1. The molecule has 7 nitrogen and oxygen atoms in total. The monoisotopic (exact) mass is 479 g/mol. The van der Waals surface area contributed by atoms with E-state index < -0.39 is 29.8 Å². The number of carbonyl (C=O) groups is 2. The highest BCUT2D eigenvalue weighted by Gasteiger charge is 2.19. The Kier molecular flexibility index (Phi) is 10.7. The van der Waals surface area contributed by atoms with Gasteiger partial charge in [0.25, 0.3) is 0 Å². The minimum Gasteiger partial charge on any atom is -0.492 e. The molecule has 0 radical (unpaired) electrons. The molecule has 1 N–H and O–H groups in total. The molecule has 0 saturated heterocycles. The quantitative estimate of drug-likeness (QED) is 0.449. The summed E-state index contributed by atoms with van der Waals surface area (Å²) < 4.78 is 43.0. The fraction of sp³-hybridized carbons (Fsp3) is 0.440. The number of carboxylic acid groups (broad SMARTS) is 1. The molecule has 0 aliphatic carbocycles. The number of carboxylic acids is 1. The Bertz CT molecular complexity index is 936. The van der Waals surface area contributed by atoms with Crippen LogP contribution in [0.3, 0.4) is 0 Å². The first kappa shape index (κ1) is 27.0. The minimum absolute atomic E-state index is 0.0880. The van der Waals surface area contributed by atoms with Gasteiger partial charge in [0.1, 0.15) is 30.6 Å². The van der Waals surface area contributed by atoms with Crippen LogP contribution in [0.1, 0.15) is 31.9 Å². The van der Waals surface area contributed by atoms with Gasteiger partial charge in [-0.2, -0.15) is 0 Å². The largest absolute Gasteiger partial charge is 0.492 e. The SMILES string of the molecule is CCOC(Cc1ccc(OCCN(CC(C)C)C(=O)OCc2ccc(F)cc2F)cc1)C(=O)O. The molecule has 0 heterocycles. The number of hydrogen-bond acceptors (Lipinski definition) is 5. The van der Waals surface area contributed by atoms with Gasteiger partial charge < -0.3 is 24.2 Å². The van der Waals surface area contributed by atoms with Gasteiger partial charge in [-0.3, -0.25) is 0 Å². The van der Waals surface area contributed by atoms with Gasteiger partial charge in [-0.15, -0.1) is 0 Å². The first-order valence-electron chi connectivity index (χ1n) is 11.1. The molecule has 0 aliphatic rings. The number of aliphatic carboxylic acids is 1. The van der Waals surface area contributed by atoms with E-state index >= 15 is 0 Å². The number of rotatable bonds is 13. The van der Waals surface area contributed by atoms with E-state index in [0.717, 1.165) is 17.7 Å². The third-order valence-electron chi connectivity index (χ3n) is 4.83. The molecule has 9 heteroatoms. The average molecular weight is 480 g/mol. The van der Waals surface area contributed by atoms with Crippen LogP contribution >= 0.6 is 0 Å². The van der Waals surface area contributed by atoms with E-state index in [9.17, 15) is 23.5 Å². The van der Waals surface area contributed by atoms with Crippen molar-refractivity contribution >= 4 is 12.1 Å². The highest BCUT2D eigenvalue weighted by molar-refractivity contribution is 5.72. The number of ether oxygens (including phenoxy) is 3. The van der Waals surface area contributed by atoms with Crippen LogP contribution in [0, 0.1) is 17.6 Å². The number of benzene rings is 2. The summed E-state index contributed by atoms with van der Waals surface area (Å²) >= 11 is 0. The molecule has 186 valence electrons. The van der Waals surface area contributed by atoms with Crippen molar-refractivity contribution in [3.05, 3.63) is 65.2 Å². The highest BCUT2D eigenvalue weighted by Crippen LogP contribution is 2.16. The van der Waals surface area contributed by atoms with E-state index in [0.29, 0.717) is 18.9 Å². The number of amides is 1. The predicted molar refractivity (Wildman–Crippen MR) is 122 cm³/mol. The zero-order chi connectivity index (χ0) is 25.1. The van der Waals surface area contributed by atoms with Crippen molar-refractivity contribution in [1.82, 2.24) is 4.90 Å². The van der Waals surface area contributed by atoms with Crippen LogP contribution in [0.5, 0.6) is 5.75 Å². The number of halogens is 2. The lowest BCUT2D eigenvalue weighted by molar-refractivity contribution is -0.149. The van der Waals surface area contributed by atoms with Crippen molar-refractivity contribution in [3.8, 4) is 5.75 Å². The van der Waals surface area contributed by atoms with Gasteiger partial charge in [-0.1, -0.05) is 26.0 Å². The molecular weight excluding hydrogens is 448 g/mol. The van der Waals surface area contributed by atoms with Crippen LogP contribution in [0.25, 0.3) is 0 Å². The Morgan fingerprint density at radius 3 is 2.38 bits per heavy atom. The fourth-order valence-electron chi connectivity index (χ4n) is 3.20. The topological polar surface area (TPSA) is 85.3 Å². The van der Waals surface area contributed by atoms with Gasteiger partial charge in [-0.25, -0.2) is 18.4 Å². The van der Waals surface area contributed by atoms with E-state index in [-0.39, 0.29) is 37.7 Å². The normalized spacial score (nSPS) is 11.8. The van der Waals surface area contributed by atoms with Crippen molar-refractivity contribution in [3.63, 3.8) is 0 Å². The summed E-state index contributed by atoms with van der Waals surface area (Å²) in [6.07, 6.45) is -1.28. The van der Waals surface area contributed by atoms with Crippen LogP contribution in [0.2, 0.25) is 0 Å². The zero-order valence-corrected chi connectivity index (χ0v) is 19.6. The summed E-state index contributed by atoms with van der Waals surface area (Å²) in [7, 11) is 0. The molecule has 0 aromatic heterocycles.